The lowest BCUT2D eigenvalue weighted by molar-refractivity contribution is -0.167. The van der Waals surface area contributed by atoms with Crippen molar-refractivity contribution >= 4 is 17.9 Å². The van der Waals surface area contributed by atoms with Crippen molar-refractivity contribution in [3.63, 3.8) is 0 Å². The zero-order chi connectivity index (χ0) is 42.4. The fourth-order valence-electron chi connectivity index (χ4n) is 7.86. The Kier molecular flexibility index (Phi) is 45.2. The molecule has 0 radical (unpaired) electrons. The summed E-state index contributed by atoms with van der Waals surface area (Å²) < 4.78 is 16.8. The number of carbonyl (C=O) groups is 3. The zero-order valence-electron chi connectivity index (χ0n) is 39.5. The lowest BCUT2D eigenvalue weighted by Crippen LogP contribution is -2.30. The first kappa shape index (κ1) is 56.4. The third-order valence-electron chi connectivity index (χ3n) is 11.8. The van der Waals surface area contributed by atoms with Gasteiger partial charge >= 0.3 is 17.9 Å². The molecule has 0 fully saturated rings. The van der Waals surface area contributed by atoms with Crippen LogP contribution in [0.25, 0.3) is 0 Å². The molecular formula is C52H100O6. The molecule has 0 heterocycles. The third-order valence-corrected chi connectivity index (χ3v) is 11.8. The van der Waals surface area contributed by atoms with Gasteiger partial charge in [-0.2, -0.15) is 0 Å². The average Bonchev–Trinajstić information content (AvgIpc) is 3.21. The van der Waals surface area contributed by atoms with Crippen LogP contribution >= 0.6 is 0 Å². The molecule has 6 nitrogen and oxygen atoms in total. The summed E-state index contributed by atoms with van der Waals surface area (Å²) in [5.74, 6) is 0.00368. The van der Waals surface area contributed by atoms with Crippen LogP contribution in [0.2, 0.25) is 0 Å². The fourth-order valence-corrected chi connectivity index (χ4v) is 7.86. The zero-order valence-corrected chi connectivity index (χ0v) is 39.5. The predicted octanol–water partition coefficient (Wildman–Crippen LogP) is 16.7. The minimum absolute atomic E-state index is 0.0626. The second kappa shape index (κ2) is 46.5. The molecule has 0 aromatic carbocycles. The largest absolute Gasteiger partial charge is 0.462 e. The number of unbranched alkanes of at least 4 members (excludes halogenated alkanes) is 34. The van der Waals surface area contributed by atoms with E-state index >= 15 is 0 Å². The Bertz CT molecular complexity index is 872. The van der Waals surface area contributed by atoms with Crippen LogP contribution in [-0.4, -0.2) is 37.2 Å². The van der Waals surface area contributed by atoms with E-state index in [4.69, 9.17) is 14.2 Å². The molecule has 0 saturated carbocycles. The third kappa shape index (κ3) is 45.5. The van der Waals surface area contributed by atoms with E-state index in [9.17, 15) is 14.4 Å². The van der Waals surface area contributed by atoms with Gasteiger partial charge in [-0.1, -0.05) is 252 Å². The van der Waals surface area contributed by atoms with Crippen molar-refractivity contribution in [3.05, 3.63) is 0 Å². The summed E-state index contributed by atoms with van der Waals surface area (Å²) in [7, 11) is 0. The van der Waals surface area contributed by atoms with E-state index in [0.29, 0.717) is 19.3 Å². The quantitative estimate of drug-likeness (QED) is 0.0346. The highest BCUT2D eigenvalue weighted by Crippen LogP contribution is 2.17. The summed E-state index contributed by atoms with van der Waals surface area (Å²) in [5, 5.41) is 0. The van der Waals surface area contributed by atoms with Crippen molar-refractivity contribution in [3.8, 4) is 0 Å². The molecular weight excluding hydrogens is 721 g/mol. The van der Waals surface area contributed by atoms with Crippen LogP contribution in [-0.2, 0) is 28.6 Å². The smallest absolute Gasteiger partial charge is 0.306 e. The highest BCUT2D eigenvalue weighted by atomic mass is 16.6. The van der Waals surface area contributed by atoms with Gasteiger partial charge in [0.1, 0.15) is 13.2 Å². The van der Waals surface area contributed by atoms with Gasteiger partial charge in [-0.3, -0.25) is 14.4 Å². The second-order valence-electron chi connectivity index (χ2n) is 18.3. The summed E-state index contributed by atoms with van der Waals surface area (Å²) >= 11 is 0. The van der Waals surface area contributed by atoms with E-state index in [0.717, 1.165) is 63.7 Å². The second-order valence-corrected chi connectivity index (χ2v) is 18.3. The van der Waals surface area contributed by atoms with Gasteiger partial charge in [-0.05, 0) is 25.2 Å². The van der Waals surface area contributed by atoms with Crippen molar-refractivity contribution in [1.29, 1.82) is 0 Å². The molecule has 344 valence electrons. The molecule has 0 aliphatic heterocycles. The van der Waals surface area contributed by atoms with E-state index < -0.39 is 6.10 Å². The summed E-state index contributed by atoms with van der Waals surface area (Å²) in [6, 6.07) is 0. The summed E-state index contributed by atoms with van der Waals surface area (Å²) in [6.07, 6.45) is 48.0. The molecule has 0 aliphatic rings. The molecule has 58 heavy (non-hydrogen) atoms. The summed E-state index contributed by atoms with van der Waals surface area (Å²) in [4.78, 5) is 37.9. The predicted molar refractivity (Wildman–Crippen MR) is 247 cm³/mol. The minimum Gasteiger partial charge on any atom is -0.462 e. The number of ether oxygens (including phenoxy) is 3. The van der Waals surface area contributed by atoms with Crippen molar-refractivity contribution in [2.75, 3.05) is 13.2 Å². The lowest BCUT2D eigenvalue weighted by atomic mass is 10.0. The molecule has 0 rings (SSSR count). The summed E-state index contributed by atoms with van der Waals surface area (Å²) in [6.45, 7) is 9.03. The number of hydrogen-bond donors (Lipinski definition) is 0. The number of rotatable bonds is 47. The highest BCUT2D eigenvalue weighted by Gasteiger charge is 2.19. The molecule has 0 saturated heterocycles. The maximum Gasteiger partial charge on any atom is 0.306 e. The Balaban J connectivity index is 4.24. The Labute approximate surface area is 361 Å². The lowest BCUT2D eigenvalue weighted by Gasteiger charge is -2.18. The molecule has 0 amide bonds. The van der Waals surface area contributed by atoms with Crippen LogP contribution in [0.15, 0.2) is 0 Å². The van der Waals surface area contributed by atoms with Crippen LogP contribution in [0.5, 0.6) is 0 Å². The molecule has 0 bridgehead atoms. The van der Waals surface area contributed by atoms with E-state index in [1.165, 1.54) is 186 Å². The average molecular weight is 821 g/mol. The Hall–Kier alpha value is -1.59. The van der Waals surface area contributed by atoms with Crippen LogP contribution in [0.4, 0.5) is 0 Å². The normalized spacial score (nSPS) is 11.9. The highest BCUT2D eigenvalue weighted by molar-refractivity contribution is 5.71. The van der Waals surface area contributed by atoms with Gasteiger partial charge in [0.15, 0.2) is 6.10 Å². The monoisotopic (exact) mass is 821 g/mol. The number of hydrogen-bond acceptors (Lipinski definition) is 6. The van der Waals surface area contributed by atoms with Gasteiger partial charge in [0.25, 0.3) is 0 Å². The first-order valence-corrected chi connectivity index (χ1v) is 25.9. The number of esters is 3. The molecule has 0 spiro atoms. The molecule has 0 unspecified atom stereocenters. The topological polar surface area (TPSA) is 78.9 Å². The standard InChI is InChI=1S/C52H100O6/c1-5-7-9-11-13-15-22-27-31-35-39-43-50(53)56-46-49(58-52(55)45-41-37-33-29-23-16-14-12-10-8-6-2)47-57-51(54)44-40-36-32-28-25-21-19-17-18-20-24-26-30-34-38-42-48(3)4/h48-49H,5-47H2,1-4H3/t49-/m0/s1. The molecule has 0 N–H and O–H groups in total. The first-order valence-electron chi connectivity index (χ1n) is 25.9. The summed E-state index contributed by atoms with van der Waals surface area (Å²) in [5.41, 5.74) is 0. The fraction of sp³-hybridized carbons (Fsp3) is 0.942. The molecule has 1 atom stereocenters. The molecule has 0 aromatic rings. The van der Waals surface area contributed by atoms with Crippen LogP contribution in [0.3, 0.4) is 0 Å². The van der Waals surface area contributed by atoms with E-state index in [1.807, 2.05) is 0 Å². The Morgan fingerprint density at radius 1 is 0.328 bits per heavy atom. The van der Waals surface area contributed by atoms with Gasteiger partial charge in [0.05, 0.1) is 0 Å². The van der Waals surface area contributed by atoms with E-state index in [2.05, 4.69) is 27.7 Å². The van der Waals surface area contributed by atoms with Gasteiger partial charge in [0.2, 0.25) is 0 Å². The minimum atomic E-state index is -0.759. The molecule has 6 heteroatoms. The van der Waals surface area contributed by atoms with Crippen LogP contribution in [0.1, 0.15) is 291 Å². The van der Waals surface area contributed by atoms with Crippen molar-refractivity contribution in [2.24, 2.45) is 5.92 Å². The van der Waals surface area contributed by atoms with Crippen LogP contribution in [0, 0.1) is 5.92 Å². The maximum absolute atomic E-state index is 12.7. The van der Waals surface area contributed by atoms with Gasteiger partial charge in [-0.25, -0.2) is 0 Å². The van der Waals surface area contributed by atoms with E-state index in [-0.39, 0.29) is 31.1 Å². The maximum atomic E-state index is 12.7. The van der Waals surface area contributed by atoms with Gasteiger partial charge < -0.3 is 14.2 Å². The molecule has 0 aromatic heterocycles. The molecule has 0 aliphatic carbocycles. The van der Waals surface area contributed by atoms with Gasteiger partial charge in [-0.15, -0.1) is 0 Å². The Morgan fingerprint density at radius 2 is 0.569 bits per heavy atom. The first-order chi connectivity index (χ1) is 28.4. The Morgan fingerprint density at radius 3 is 0.845 bits per heavy atom. The van der Waals surface area contributed by atoms with Crippen LogP contribution < -0.4 is 0 Å². The van der Waals surface area contributed by atoms with E-state index in [1.54, 1.807) is 0 Å². The van der Waals surface area contributed by atoms with Crippen molar-refractivity contribution in [1.82, 2.24) is 0 Å². The van der Waals surface area contributed by atoms with Crippen molar-refractivity contribution in [2.45, 2.75) is 297 Å². The SMILES string of the molecule is CCCCCCCCCCCCCC(=O)OC[C@@H](COC(=O)CCCCCCCCCCCCCCCCCC(C)C)OC(=O)CCCCCCCCCCCCC. The van der Waals surface area contributed by atoms with Crippen molar-refractivity contribution < 1.29 is 28.6 Å². The number of carbonyl (C=O) groups excluding carboxylic acids is 3. The van der Waals surface area contributed by atoms with Gasteiger partial charge in [0, 0.05) is 19.3 Å².